The van der Waals surface area contributed by atoms with Gasteiger partial charge in [-0.2, -0.15) is 0 Å². The van der Waals surface area contributed by atoms with Crippen molar-refractivity contribution in [3.8, 4) is 22.8 Å². The zero-order valence-corrected chi connectivity index (χ0v) is 25.1. The number of anilines is 2. The van der Waals surface area contributed by atoms with E-state index in [1.807, 2.05) is 6.07 Å². The fourth-order valence-electron chi connectivity index (χ4n) is 4.26. The second-order valence-electron chi connectivity index (χ2n) is 9.58. The molecule has 4 aromatic rings. The maximum atomic E-state index is 13.5. The Hall–Kier alpha value is -5.10. The van der Waals surface area contributed by atoms with E-state index in [4.69, 9.17) is 9.47 Å². The number of hydrogen-bond donors (Lipinski definition) is 3. The maximum absolute atomic E-state index is 13.5. The van der Waals surface area contributed by atoms with Gasteiger partial charge >= 0.3 is 0 Å². The highest BCUT2D eigenvalue weighted by Gasteiger charge is 2.21. The van der Waals surface area contributed by atoms with Crippen molar-refractivity contribution in [1.29, 1.82) is 0 Å². The summed E-state index contributed by atoms with van der Waals surface area (Å²) >= 11 is 0. The minimum absolute atomic E-state index is 0.0521. The number of carbonyl (C=O) groups excluding carboxylic acids is 2. The highest BCUT2D eigenvalue weighted by Crippen LogP contribution is 2.32. The Kier molecular flexibility index (Phi) is 9.83. The van der Waals surface area contributed by atoms with Crippen LogP contribution in [0.3, 0.4) is 0 Å². The number of aromatic nitrogens is 1. The third-order valence-electron chi connectivity index (χ3n) is 6.37. The van der Waals surface area contributed by atoms with Gasteiger partial charge in [0.25, 0.3) is 21.8 Å². The first kappa shape index (κ1) is 30.8. The van der Waals surface area contributed by atoms with Crippen molar-refractivity contribution in [3.05, 3.63) is 96.2 Å². The molecule has 1 heterocycles. The van der Waals surface area contributed by atoms with Gasteiger partial charge in [0.2, 0.25) is 5.88 Å². The molecule has 2 amide bonds. The molecule has 0 atom stereocenters. The van der Waals surface area contributed by atoms with Gasteiger partial charge < -0.3 is 25.0 Å². The topological polar surface area (TPSA) is 139 Å². The lowest BCUT2D eigenvalue weighted by Gasteiger charge is -2.15. The summed E-state index contributed by atoms with van der Waals surface area (Å²) in [5, 5.41) is 5.97. The van der Waals surface area contributed by atoms with Gasteiger partial charge in [-0.3, -0.25) is 14.3 Å². The molecule has 0 spiro atoms. The van der Waals surface area contributed by atoms with E-state index in [0.29, 0.717) is 46.7 Å². The molecule has 0 aliphatic rings. The lowest BCUT2D eigenvalue weighted by Crippen LogP contribution is -2.29. The average molecular weight is 604 g/mol. The van der Waals surface area contributed by atoms with Crippen molar-refractivity contribution in [2.45, 2.75) is 4.90 Å². The van der Waals surface area contributed by atoms with Crippen molar-refractivity contribution in [2.24, 2.45) is 0 Å². The summed E-state index contributed by atoms with van der Waals surface area (Å²) in [5.74, 6) is -0.0648. The van der Waals surface area contributed by atoms with Gasteiger partial charge in [0.05, 0.1) is 19.9 Å². The number of rotatable bonds is 12. The number of ether oxygens (including phenoxy) is 2. The lowest BCUT2D eigenvalue weighted by atomic mass is 10.0. The second kappa shape index (κ2) is 13.7. The number of carbonyl (C=O) groups is 2. The Morgan fingerprint density at radius 1 is 0.837 bits per heavy atom. The summed E-state index contributed by atoms with van der Waals surface area (Å²) in [5.41, 5.74) is 3.09. The first-order valence-electron chi connectivity index (χ1n) is 13.3. The highest BCUT2D eigenvalue weighted by molar-refractivity contribution is 7.92. The van der Waals surface area contributed by atoms with Gasteiger partial charge in [-0.05, 0) is 65.7 Å². The molecular formula is C31H33N5O6S. The molecule has 0 radical (unpaired) electrons. The Morgan fingerprint density at radius 2 is 1.58 bits per heavy atom. The Morgan fingerprint density at radius 3 is 2.33 bits per heavy atom. The Bertz CT molecular complexity index is 1730. The molecule has 0 aliphatic heterocycles. The molecule has 224 valence electrons. The van der Waals surface area contributed by atoms with Gasteiger partial charge in [-0.1, -0.05) is 24.3 Å². The highest BCUT2D eigenvalue weighted by atomic mass is 32.2. The molecular weight excluding hydrogens is 570 g/mol. The predicted molar refractivity (Wildman–Crippen MR) is 165 cm³/mol. The Balaban J connectivity index is 1.46. The summed E-state index contributed by atoms with van der Waals surface area (Å²) in [6.07, 6.45) is 1.54. The monoisotopic (exact) mass is 603 g/mol. The molecule has 1 aromatic heterocycles. The van der Waals surface area contributed by atoms with E-state index in [1.54, 1.807) is 87.0 Å². The second-order valence-corrected chi connectivity index (χ2v) is 11.2. The van der Waals surface area contributed by atoms with Crippen LogP contribution in [0.5, 0.6) is 11.6 Å². The normalized spacial score (nSPS) is 10.9. The van der Waals surface area contributed by atoms with Gasteiger partial charge in [-0.25, -0.2) is 13.4 Å². The van der Waals surface area contributed by atoms with E-state index in [-0.39, 0.29) is 28.3 Å². The molecule has 0 saturated heterocycles. The predicted octanol–water partition coefficient (Wildman–Crippen LogP) is 4.11. The fourth-order valence-corrected chi connectivity index (χ4v) is 5.51. The zero-order chi connectivity index (χ0) is 31.0. The van der Waals surface area contributed by atoms with Gasteiger partial charge in [0.1, 0.15) is 16.2 Å². The maximum Gasteiger partial charge on any atom is 0.265 e. The molecule has 0 aliphatic carbocycles. The van der Waals surface area contributed by atoms with Gasteiger partial charge in [0, 0.05) is 44.6 Å². The summed E-state index contributed by atoms with van der Waals surface area (Å²) in [7, 11) is 2.12. The van der Waals surface area contributed by atoms with E-state index in [2.05, 4.69) is 20.3 Å². The van der Waals surface area contributed by atoms with Crippen LogP contribution in [0.1, 0.15) is 20.7 Å². The average Bonchev–Trinajstić information content (AvgIpc) is 3.02. The molecule has 0 unspecified atom stereocenters. The first-order valence-corrected chi connectivity index (χ1v) is 14.8. The number of pyridine rings is 1. The van der Waals surface area contributed by atoms with Crippen molar-refractivity contribution in [2.75, 3.05) is 51.4 Å². The van der Waals surface area contributed by atoms with Crippen molar-refractivity contribution in [1.82, 2.24) is 15.2 Å². The fraction of sp³-hybridized carbons (Fsp3) is 0.194. The van der Waals surface area contributed by atoms with Crippen LogP contribution in [-0.2, 0) is 10.0 Å². The van der Waals surface area contributed by atoms with Gasteiger partial charge in [-0.15, -0.1) is 0 Å². The lowest BCUT2D eigenvalue weighted by molar-refractivity contribution is 0.0827. The number of amides is 2. The summed E-state index contributed by atoms with van der Waals surface area (Å²) in [6.45, 7) is 0.688. The molecule has 11 nitrogen and oxygen atoms in total. The molecule has 12 heteroatoms. The molecule has 43 heavy (non-hydrogen) atoms. The van der Waals surface area contributed by atoms with Crippen molar-refractivity contribution >= 4 is 33.2 Å². The van der Waals surface area contributed by atoms with Crippen LogP contribution in [0.25, 0.3) is 11.1 Å². The zero-order valence-electron chi connectivity index (χ0n) is 24.2. The minimum Gasteiger partial charge on any atom is -0.495 e. The van der Waals surface area contributed by atoms with Gasteiger partial charge in [0.15, 0.2) is 0 Å². The summed E-state index contributed by atoms with van der Waals surface area (Å²) in [4.78, 5) is 30.4. The molecule has 3 N–H and O–H groups in total. The molecule has 0 fully saturated rings. The third kappa shape index (κ3) is 7.60. The number of hydrogen-bond acceptors (Lipinski definition) is 8. The van der Waals surface area contributed by atoms with Crippen molar-refractivity contribution in [3.63, 3.8) is 0 Å². The van der Waals surface area contributed by atoms with Crippen LogP contribution in [0.15, 0.2) is 90.0 Å². The summed E-state index contributed by atoms with van der Waals surface area (Å²) < 4.78 is 40.2. The quantitative estimate of drug-likeness (QED) is 0.206. The van der Waals surface area contributed by atoms with Crippen LogP contribution in [0, 0.1) is 0 Å². The van der Waals surface area contributed by atoms with E-state index < -0.39 is 10.0 Å². The van der Waals surface area contributed by atoms with Crippen LogP contribution < -0.4 is 24.8 Å². The van der Waals surface area contributed by atoms with Crippen molar-refractivity contribution < 1.29 is 27.5 Å². The van der Waals surface area contributed by atoms with E-state index in [9.17, 15) is 18.0 Å². The molecule has 4 rings (SSSR count). The van der Waals surface area contributed by atoms with Crippen LogP contribution >= 0.6 is 0 Å². The SMILES string of the molecule is COc1ccc(-c2cccc(C(=O)N(C)C)c2)cc1S(=O)(=O)Nc1cccc(NCCNC(=O)c2cccnc2OC)c1. The van der Waals surface area contributed by atoms with Crippen LogP contribution in [0.2, 0.25) is 0 Å². The van der Waals surface area contributed by atoms with Crippen LogP contribution in [0.4, 0.5) is 11.4 Å². The molecule has 0 bridgehead atoms. The number of sulfonamides is 1. The summed E-state index contributed by atoms with van der Waals surface area (Å²) in [6, 6.07) is 21.9. The molecule has 0 saturated carbocycles. The minimum atomic E-state index is -4.07. The van der Waals surface area contributed by atoms with E-state index in [1.165, 1.54) is 25.2 Å². The third-order valence-corrected chi connectivity index (χ3v) is 7.77. The Labute approximate surface area is 250 Å². The first-order chi connectivity index (χ1) is 20.6. The number of nitrogens with one attached hydrogen (secondary N) is 3. The largest absolute Gasteiger partial charge is 0.495 e. The molecule has 3 aromatic carbocycles. The number of nitrogens with zero attached hydrogens (tertiary/aromatic N) is 2. The number of methoxy groups -OCH3 is 2. The standard InChI is InChI=1S/C31H33N5O6S/c1-36(2)31(38)23-9-5-8-21(18-23)22-13-14-27(41-3)28(19-22)43(39,40)35-25-11-6-10-24(20-25)32-16-17-33-29(37)26-12-7-15-34-30(26)42-4/h5-15,18-20,32,35H,16-17H2,1-4H3,(H,33,37). The van der Waals surface area contributed by atoms with Crippen LogP contribution in [-0.4, -0.2) is 71.5 Å². The number of benzene rings is 3. The smallest absolute Gasteiger partial charge is 0.265 e. The van der Waals surface area contributed by atoms with E-state index >= 15 is 0 Å². The van der Waals surface area contributed by atoms with E-state index in [0.717, 1.165) is 0 Å².